The first-order valence-electron chi connectivity index (χ1n) is 5.93. The van der Waals surface area contributed by atoms with Gasteiger partial charge in [-0.3, -0.25) is 0 Å². The van der Waals surface area contributed by atoms with Gasteiger partial charge in [-0.1, -0.05) is 48.0 Å². The minimum Gasteiger partial charge on any atom is -0.378 e. The van der Waals surface area contributed by atoms with E-state index in [9.17, 15) is 0 Å². The number of halogens is 1. The third-order valence-electron chi connectivity index (χ3n) is 3.33. The molecule has 17 heavy (non-hydrogen) atoms. The van der Waals surface area contributed by atoms with Crippen molar-refractivity contribution in [1.82, 2.24) is 0 Å². The summed E-state index contributed by atoms with van der Waals surface area (Å²) in [6.45, 7) is 0. The number of benzene rings is 2. The van der Waals surface area contributed by atoms with Crippen LogP contribution < -0.4 is 5.32 Å². The number of anilines is 1. The summed E-state index contributed by atoms with van der Waals surface area (Å²) in [5.41, 5.74) is 3.78. The predicted octanol–water partition coefficient (Wildman–Crippen LogP) is 4.44. The SMILES string of the molecule is Clc1cccc2c1CCC(c1ccccc1)N2. The largest absolute Gasteiger partial charge is 0.378 e. The first-order chi connectivity index (χ1) is 8.34. The second kappa shape index (κ2) is 4.42. The first-order valence-corrected chi connectivity index (χ1v) is 6.31. The third-order valence-corrected chi connectivity index (χ3v) is 3.69. The average molecular weight is 244 g/mol. The van der Waals surface area contributed by atoms with E-state index in [1.165, 1.54) is 16.8 Å². The van der Waals surface area contributed by atoms with Crippen molar-refractivity contribution in [3.63, 3.8) is 0 Å². The van der Waals surface area contributed by atoms with Gasteiger partial charge in [0.05, 0.1) is 6.04 Å². The minimum atomic E-state index is 0.405. The monoisotopic (exact) mass is 243 g/mol. The molecule has 0 spiro atoms. The highest BCUT2D eigenvalue weighted by molar-refractivity contribution is 6.31. The molecule has 0 bridgehead atoms. The molecule has 86 valence electrons. The van der Waals surface area contributed by atoms with Gasteiger partial charge in [0.15, 0.2) is 0 Å². The first kappa shape index (κ1) is 10.7. The van der Waals surface area contributed by atoms with E-state index < -0.39 is 0 Å². The van der Waals surface area contributed by atoms with Gasteiger partial charge >= 0.3 is 0 Å². The van der Waals surface area contributed by atoms with Gasteiger partial charge < -0.3 is 5.32 Å². The fourth-order valence-corrected chi connectivity index (χ4v) is 2.70. The summed E-state index contributed by atoms with van der Waals surface area (Å²) in [6.07, 6.45) is 2.14. The molecule has 0 saturated carbocycles. The highest BCUT2D eigenvalue weighted by atomic mass is 35.5. The smallest absolute Gasteiger partial charge is 0.0517 e. The Kier molecular flexibility index (Phi) is 2.77. The number of fused-ring (bicyclic) bond motifs is 1. The Morgan fingerprint density at radius 2 is 1.82 bits per heavy atom. The summed E-state index contributed by atoms with van der Waals surface area (Å²) < 4.78 is 0. The van der Waals surface area contributed by atoms with Crippen LogP contribution in [0.3, 0.4) is 0 Å². The van der Waals surface area contributed by atoms with Crippen LogP contribution in [-0.2, 0) is 6.42 Å². The van der Waals surface area contributed by atoms with Crippen molar-refractivity contribution >= 4 is 17.3 Å². The number of rotatable bonds is 1. The lowest BCUT2D eigenvalue weighted by atomic mass is 9.93. The van der Waals surface area contributed by atoms with E-state index in [1.807, 2.05) is 12.1 Å². The van der Waals surface area contributed by atoms with Gasteiger partial charge in [0, 0.05) is 10.7 Å². The van der Waals surface area contributed by atoms with E-state index in [4.69, 9.17) is 11.6 Å². The molecular formula is C15H14ClN. The minimum absolute atomic E-state index is 0.405. The Morgan fingerprint density at radius 1 is 1.00 bits per heavy atom. The molecule has 1 unspecified atom stereocenters. The lowest BCUT2D eigenvalue weighted by Gasteiger charge is -2.28. The summed E-state index contributed by atoms with van der Waals surface area (Å²) in [5, 5.41) is 4.45. The van der Waals surface area contributed by atoms with Crippen molar-refractivity contribution in [2.24, 2.45) is 0 Å². The van der Waals surface area contributed by atoms with Crippen LogP contribution in [0.2, 0.25) is 5.02 Å². The van der Waals surface area contributed by atoms with Crippen LogP contribution in [0.15, 0.2) is 48.5 Å². The van der Waals surface area contributed by atoms with Crippen LogP contribution in [0.25, 0.3) is 0 Å². The molecule has 2 aromatic rings. The molecule has 2 heteroatoms. The summed E-state index contributed by atoms with van der Waals surface area (Å²) in [7, 11) is 0. The van der Waals surface area contributed by atoms with Gasteiger partial charge in [-0.25, -0.2) is 0 Å². The number of nitrogens with one attached hydrogen (secondary N) is 1. The molecule has 0 saturated heterocycles. The van der Waals surface area contributed by atoms with Gasteiger partial charge in [0.1, 0.15) is 0 Å². The third kappa shape index (κ3) is 2.03. The Labute approximate surface area is 106 Å². The van der Waals surface area contributed by atoms with E-state index in [2.05, 4.69) is 41.7 Å². The van der Waals surface area contributed by atoms with Gasteiger partial charge in [-0.2, -0.15) is 0 Å². The summed E-state index contributed by atoms with van der Waals surface area (Å²) in [6, 6.07) is 17.1. The van der Waals surface area contributed by atoms with Crippen molar-refractivity contribution in [3.05, 3.63) is 64.7 Å². The fourth-order valence-electron chi connectivity index (χ4n) is 2.43. The Balaban J connectivity index is 1.91. The lowest BCUT2D eigenvalue weighted by Crippen LogP contribution is -2.18. The zero-order valence-electron chi connectivity index (χ0n) is 9.49. The lowest BCUT2D eigenvalue weighted by molar-refractivity contribution is 0.668. The second-order valence-electron chi connectivity index (χ2n) is 4.41. The zero-order valence-corrected chi connectivity index (χ0v) is 10.2. The predicted molar refractivity (Wildman–Crippen MR) is 72.6 cm³/mol. The molecule has 0 radical (unpaired) electrons. The number of hydrogen-bond donors (Lipinski definition) is 1. The molecule has 1 aliphatic heterocycles. The Morgan fingerprint density at radius 3 is 2.65 bits per heavy atom. The molecule has 1 atom stereocenters. The molecule has 1 N–H and O–H groups in total. The highest BCUT2D eigenvalue weighted by Crippen LogP contribution is 2.35. The van der Waals surface area contributed by atoms with E-state index in [1.54, 1.807) is 0 Å². The molecule has 1 heterocycles. The van der Waals surface area contributed by atoms with Crippen LogP contribution in [-0.4, -0.2) is 0 Å². The average Bonchev–Trinajstić information content (AvgIpc) is 2.40. The molecule has 0 aliphatic carbocycles. The molecule has 3 rings (SSSR count). The van der Waals surface area contributed by atoms with Crippen molar-refractivity contribution in [1.29, 1.82) is 0 Å². The fraction of sp³-hybridized carbons (Fsp3) is 0.200. The van der Waals surface area contributed by atoms with Crippen LogP contribution in [0.4, 0.5) is 5.69 Å². The second-order valence-corrected chi connectivity index (χ2v) is 4.82. The quantitative estimate of drug-likeness (QED) is 0.781. The molecule has 0 aromatic heterocycles. The molecule has 0 fully saturated rings. The van der Waals surface area contributed by atoms with Gasteiger partial charge in [0.2, 0.25) is 0 Å². The molecule has 0 amide bonds. The summed E-state index contributed by atoms with van der Waals surface area (Å²) in [4.78, 5) is 0. The molecular weight excluding hydrogens is 230 g/mol. The van der Waals surface area contributed by atoms with E-state index >= 15 is 0 Å². The normalized spacial score (nSPS) is 18.3. The zero-order chi connectivity index (χ0) is 11.7. The van der Waals surface area contributed by atoms with Crippen LogP contribution >= 0.6 is 11.6 Å². The molecule has 1 nitrogen and oxygen atoms in total. The van der Waals surface area contributed by atoms with Gasteiger partial charge in [-0.15, -0.1) is 0 Å². The highest BCUT2D eigenvalue weighted by Gasteiger charge is 2.20. The van der Waals surface area contributed by atoms with E-state index in [0.717, 1.165) is 17.9 Å². The van der Waals surface area contributed by atoms with Crippen molar-refractivity contribution < 1.29 is 0 Å². The maximum Gasteiger partial charge on any atom is 0.0517 e. The van der Waals surface area contributed by atoms with E-state index in [0.29, 0.717) is 6.04 Å². The van der Waals surface area contributed by atoms with E-state index in [-0.39, 0.29) is 0 Å². The topological polar surface area (TPSA) is 12.0 Å². The molecule has 1 aliphatic rings. The Bertz CT molecular complexity index is 522. The summed E-state index contributed by atoms with van der Waals surface area (Å²) in [5.74, 6) is 0. The van der Waals surface area contributed by atoms with Gasteiger partial charge in [-0.05, 0) is 36.1 Å². The van der Waals surface area contributed by atoms with Gasteiger partial charge in [0.25, 0.3) is 0 Å². The van der Waals surface area contributed by atoms with Crippen molar-refractivity contribution in [2.75, 3.05) is 5.32 Å². The molecule has 2 aromatic carbocycles. The van der Waals surface area contributed by atoms with Crippen molar-refractivity contribution in [2.45, 2.75) is 18.9 Å². The standard InChI is InChI=1S/C15H14ClN/c16-13-7-4-8-15-12(13)9-10-14(17-15)11-5-2-1-3-6-11/h1-8,14,17H,9-10H2. The maximum atomic E-state index is 6.20. The number of hydrogen-bond acceptors (Lipinski definition) is 1. The Hall–Kier alpha value is -1.47. The summed E-state index contributed by atoms with van der Waals surface area (Å²) >= 11 is 6.20. The van der Waals surface area contributed by atoms with Crippen LogP contribution in [0.1, 0.15) is 23.6 Å². The van der Waals surface area contributed by atoms with Crippen LogP contribution in [0.5, 0.6) is 0 Å². The van der Waals surface area contributed by atoms with Crippen molar-refractivity contribution in [3.8, 4) is 0 Å². The maximum absolute atomic E-state index is 6.20. The van der Waals surface area contributed by atoms with Crippen LogP contribution in [0, 0.1) is 0 Å².